The highest BCUT2D eigenvalue weighted by Crippen LogP contribution is 2.21. The average molecular weight is 171 g/mol. The van der Waals surface area contributed by atoms with Crippen LogP contribution in [-0.2, 0) is 9.47 Å². The van der Waals surface area contributed by atoms with Crippen LogP contribution in [0.2, 0.25) is 0 Å². The van der Waals surface area contributed by atoms with Crippen molar-refractivity contribution in [2.75, 3.05) is 26.4 Å². The van der Waals surface area contributed by atoms with Crippen LogP contribution in [0, 0.1) is 5.92 Å². The smallest absolute Gasteiger partial charge is 0.108 e. The Labute approximate surface area is 73.4 Å². The van der Waals surface area contributed by atoms with Crippen LogP contribution in [0.3, 0.4) is 0 Å². The van der Waals surface area contributed by atoms with Crippen molar-refractivity contribution in [2.45, 2.75) is 25.5 Å². The van der Waals surface area contributed by atoms with Gasteiger partial charge in [0.25, 0.3) is 0 Å². The molecule has 0 aromatic carbocycles. The number of hydrogen-bond donors (Lipinski definition) is 1. The van der Waals surface area contributed by atoms with E-state index >= 15 is 0 Å². The zero-order valence-corrected chi connectivity index (χ0v) is 7.42. The maximum absolute atomic E-state index is 5.50. The largest absolute Gasteiger partial charge is 0.381 e. The fraction of sp³-hybridized carbons (Fsp3) is 1.00. The van der Waals surface area contributed by atoms with Crippen molar-refractivity contribution in [1.29, 1.82) is 0 Å². The number of nitrogens with one attached hydrogen (secondary N) is 1. The SMILES string of the molecule is C1COC(CC2CCOCC2)N1. The van der Waals surface area contributed by atoms with Crippen LogP contribution in [0.5, 0.6) is 0 Å². The van der Waals surface area contributed by atoms with E-state index in [1.807, 2.05) is 0 Å². The summed E-state index contributed by atoms with van der Waals surface area (Å²) in [5.74, 6) is 0.814. The van der Waals surface area contributed by atoms with Crippen LogP contribution in [-0.4, -0.2) is 32.6 Å². The van der Waals surface area contributed by atoms with Crippen molar-refractivity contribution >= 4 is 0 Å². The van der Waals surface area contributed by atoms with Crippen LogP contribution in [0.1, 0.15) is 19.3 Å². The molecule has 3 nitrogen and oxygen atoms in total. The Morgan fingerprint density at radius 2 is 2.00 bits per heavy atom. The van der Waals surface area contributed by atoms with Gasteiger partial charge in [0, 0.05) is 19.8 Å². The van der Waals surface area contributed by atoms with E-state index in [-0.39, 0.29) is 0 Å². The highest BCUT2D eigenvalue weighted by molar-refractivity contribution is 4.70. The maximum atomic E-state index is 5.50. The molecule has 70 valence electrons. The maximum Gasteiger partial charge on any atom is 0.108 e. The highest BCUT2D eigenvalue weighted by atomic mass is 16.5. The van der Waals surface area contributed by atoms with Gasteiger partial charge in [-0.2, -0.15) is 0 Å². The molecule has 0 bridgehead atoms. The van der Waals surface area contributed by atoms with Gasteiger partial charge in [0.2, 0.25) is 0 Å². The van der Waals surface area contributed by atoms with E-state index in [9.17, 15) is 0 Å². The fourth-order valence-corrected chi connectivity index (χ4v) is 1.92. The van der Waals surface area contributed by atoms with Crippen molar-refractivity contribution in [2.24, 2.45) is 5.92 Å². The Bertz CT molecular complexity index is 128. The molecule has 0 aliphatic carbocycles. The molecular weight excluding hydrogens is 154 g/mol. The first-order chi connectivity index (χ1) is 5.95. The molecule has 0 saturated carbocycles. The van der Waals surface area contributed by atoms with Gasteiger partial charge in [-0.05, 0) is 25.2 Å². The minimum atomic E-state index is 0.327. The lowest BCUT2D eigenvalue weighted by molar-refractivity contribution is 0.0294. The molecule has 12 heavy (non-hydrogen) atoms. The van der Waals surface area contributed by atoms with Gasteiger partial charge in [0.1, 0.15) is 6.23 Å². The molecular formula is C9H17NO2. The molecule has 2 rings (SSSR count). The lowest BCUT2D eigenvalue weighted by atomic mass is 9.96. The number of rotatable bonds is 2. The Balaban J connectivity index is 1.69. The summed E-state index contributed by atoms with van der Waals surface area (Å²) in [4.78, 5) is 0. The van der Waals surface area contributed by atoms with E-state index in [1.165, 1.54) is 19.3 Å². The van der Waals surface area contributed by atoms with Crippen molar-refractivity contribution in [3.63, 3.8) is 0 Å². The summed E-state index contributed by atoms with van der Waals surface area (Å²) < 4.78 is 10.8. The molecule has 0 amide bonds. The van der Waals surface area contributed by atoms with E-state index in [0.29, 0.717) is 6.23 Å². The van der Waals surface area contributed by atoms with Gasteiger partial charge in [-0.3, -0.25) is 5.32 Å². The molecule has 2 aliphatic heterocycles. The van der Waals surface area contributed by atoms with E-state index < -0.39 is 0 Å². The summed E-state index contributed by atoms with van der Waals surface area (Å²) in [7, 11) is 0. The minimum Gasteiger partial charge on any atom is -0.381 e. The quantitative estimate of drug-likeness (QED) is 0.665. The third-order valence-electron chi connectivity index (χ3n) is 2.68. The second-order valence-corrected chi connectivity index (χ2v) is 3.61. The van der Waals surface area contributed by atoms with Gasteiger partial charge >= 0.3 is 0 Å². The molecule has 0 aromatic rings. The van der Waals surface area contributed by atoms with Crippen LogP contribution in [0.15, 0.2) is 0 Å². The normalized spacial score (nSPS) is 32.5. The van der Waals surface area contributed by atoms with Crippen molar-refractivity contribution < 1.29 is 9.47 Å². The summed E-state index contributed by atoms with van der Waals surface area (Å²) in [6.45, 7) is 3.79. The molecule has 1 atom stereocenters. The Hall–Kier alpha value is -0.120. The summed E-state index contributed by atoms with van der Waals surface area (Å²) in [5.41, 5.74) is 0. The molecule has 2 fully saturated rings. The molecule has 0 spiro atoms. The van der Waals surface area contributed by atoms with Crippen LogP contribution >= 0.6 is 0 Å². The first kappa shape index (κ1) is 8.48. The van der Waals surface area contributed by atoms with Crippen molar-refractivity contribution in [3.05, 3.63) is 0 Å². The van der Waals surface area contributed by atoms with Crippen LogP contribution in [0.25, 0.3) is 0 Å². The predicted molar refractivity (Wildman–Crippen MR) is 45.9 cm³/mol. The van der Waals surface area contributed by atoms with Crippen molar-refractivity contribution in [3.8, 4) is 0 Å². The molecule has 2 saturated heterocycles. The third-order valence-corrected chi connectivity index (χ3v) is 2.68. The standard InChI is InChI=1S/C9H17NO2/c1-4-11-5-2-8(1)7-9-10-3-6-12-9/h8-10H,1-7H2. The molecule has 2 heterocycles. The average Bonchev–Trinajstić information content (AvgIpc) is 2.59. The van der Waals surface area contributed by atoms with E-state index in [1.54, 1.807) is 0 Å². The fourth-order valence-electron chi connectivity index (χ4n) is 1.92. The van der Waals surface area contributed by atoms with Gasteiger partial charge in [0.05, 0.1) is 6.61 Å². The first-order valence-corrected chi connectivity index (χ1v) is 4.88. The van der Waals surface area contributed by atoms with Gasteiger partial charge in [-0.25, -0.2) is 0 Å². The summed E-state index contributed by atoms with van der Waals surface area (Å²) in [5, 5.41) is 3.34. The van der Waals surface area contributed by atoms with E-state index in [4.69, 9.17) is 9.47 Å². The molecule has 0 aromatic heterocycles. The van der Waals surface area contributed by atoms with Crippen LogP contribution < -0.4 is 5.32 Å². The van der Waals surface area contributed by atoms with Gasteiger partial charge in [-0.15, -0.1) is 0 Å². The Morgan fingerprint density at radius 3 is 2.67 bits per heavy atom. The zero-order chi connectivity index (χ0) is 8.23. The van der Waals surface area contributed by atoms with E-state index in [2.05, 4.69) is 5.32 Å². The molecule has 2 aliphatic rings. The van der Waals surface area contributed by atoms with Gasteiger partial charge in [-0.1, -0.05) is 0 Å². The molecule has 1 unspecified atom stereocenters. The third kappa shape index (κ3) is 2.19. The summed E-state index contributed by atoms with van der Waals surface area (Å²) >= 11 is 0. The molecule has 0 radical (unpaired) electrons. The van der Waals surface area contributed by atoms with E-state index in [0.717, 1.165) is 32.3 Å². The predicted octanol–water partition coefficient (Wildman–Crippen LogP) is 0.749. The summed E-state index contributed by atoms with van der Waals surface area (Å²) in [6, 6.07) is 0. The molecule has 1 N–H and O–H groups in total. The second kappa shape index (κ2) is 4.21. The second-order valence-electron chi connectivity index (χ2n) is 3.61. The zero-order valence-electron chi connectivity index (χ0n) is 7.42. The Morgan fingerprint density at radius 1 is 1.17 bits per heavy atom. The number of ether oxygens (including phenoxy) is 2. The minimum absolute atomic E-state index is 0.327. The lowest BCUT2D eigenvalue weighted by Crippen LogP contribution is -2.28. The Kier molecular flexibility index (Phi) is 2.98. The monoisotopic (exact) mass is 171 g/mol. The first-order valence-electron chi connectivity index (χ1n) is 4.88. The highest BCUT2D eigenvalue weighted by Gasteiger charge is 2.21. The molecule has 3 heteroatoms. The lowest BCUT2D eigenvalue weighted by Gasteiger charge is -2.24. The van der Waals surface area contributed by atoms with Gasteiger partial charge < -0.3 is 9.47 Å². The van der Waals surface area contributed by atoms with Crippen molar-refractivity contribution in [1.82, 2.24) is 5.32 Å². The topological polar surface area (TPSA) is 30.5 Å². The number of hydrogen-bond acceptors (Lipinski definition) is 3. The summed E-state index contributed by atoms with van der Waals surface area (Å²) in [6.07, 6.45) is 3.92. The van der Waals surface area contributed by atoms with Gasteiger partial charge in [0.15, 0.2) is 0 Å². The van der Waals surface area contributed by atoms with Crippen LogP contribution in [0.4, 0.5) is 0 Å².